The van der Waals surface area contributed by atoms with E-state index in [1.165, 1.54) is 0 Å². The van der Waals surface area contributed by atoms with Crippen LogP contribution in [0.3, 0.4) is 0 Å². The minimum absolute atomic E-state index is 0. The van der Waals surface area contributed by atoms with E-state index in [9.17, 15) is 0 Å². The summed E-state index contributed by atoms with van der Waals surface area (Å²) in [5.74, 6) is 0.472. The molecule has 0 spiro atoms. The van der Waals surface area contributed by atoms with Gasteiger partial charge in [0.05, 0.1) is 0 Å². The summed E-state index contributed by atoms with van der Waals surface area (Å²) in [4.78, 5) is 0. The second-order valence-electron chi connectivity index (χ2n) is 0.884. The van der Waals surface area contributed by atoms with Gasteiger partial charge in [0, 0.05) is 48.9 Å². The van der Waals surface area contributed by atoms with Crippen LogP contribution in [0.1, 0.15) is 0 Å². The van der Waals surface area contributed by atoms with Gasteiger partial charge in [-0.1, -0.05) is 0 Å². The molecule has 0 aromatic heterocycles. The Balaban J connectivity index is -0.0000000203. The first-order valence-electron chi connectivity index (χ1n) is 2.67. The molecule has 76 valence electrons. The summed E-state index contributed by atoms with van der Waals surface area (Å²) in [6, 6.07) is 0. The van der Waals surface area contributed by atoms with Crippen LogP contribution in [0.4, 0.5) is 0 Å². The molecule has 0 saturated heterocycles. The minimum atomic E-state index is 0. The molecule has 0 saturated carbocycles. The van der Waals surface area contributed by atoms with E-state index >= 15 is 0 Å². The molecule has 0 amide bonds. The third kappa shape index (κ3) is 152. The van der Waals surface area contributed by atoms with Crippen LogP contribution < -0.4 is 0 Å². The van der Waals surface area contributed by atoms with Gasteiger partial charge in [0.1, 0.15) is 0 Å². The van der Waals surface area contributed by atoms with Crippen LogP contribution in [-0.4, -0.2) is 42.5 Å². The maximum atomic E-state index is 7.00. The molecule has 0 bridgehead atoms. The minimum Gasteiger partial charge on any atom is -0.400 e. The molecule has 0 radical (unpaired) electrons. The molecule has 3 nitrogen and oxygen atoms in total. The van der Waals surface area contributed by atoms with E-state index in [1.807, 2.05) is 0 Å². The Morgan fingerprint density at radius 3 is 1.25 bits per heavy atom. The largest absolute Gasteiger partial charge is 0.400 e. The zero-order valence-electron chi connectivity index (χ0n) is 7.84. The van der Waals surface area contributed by atoms with Gasteiger partial charge >= 0.3 is 0 Å². The molecular weight excluding hydrogens is 215 g/mol. The number of allylic oxidation sites excluding steroid dienone is 1. The smallest absolute Gasteiger partial charge is 0.0319 e. The Hall–Kier alpha value is 0.494. The standard InChI is InChI=1S/C4H6Cl.3CH4O.Ti/c1-4(2)3-5;3*1-2;/h1-3H2;3*2H,1H3;/q-1;;;;. The molecule has 12 heavy (non-hydrogen) atoms. The van der Waals surface area contributed by atoms with Crippen molar-refractivity contribution in [2.45, 2.75) is 0 Å². The maximum Gasteiger partial charge on any atom is 0.0319 e. The van der Waals surface area contributed by atoms with Crippen LogP contribution in [0.25, 0.3) is 0 Å². The SMILES string of the molecule is C=C([CH2-])CCl.CO.CO.CO.[Ti]. The average Bonchev–Trinajstić information content (AvgIpc) is 2.15. The Bertz CT molecular complexity index is 53.9. The number of aliphatic hydroxyl groups is 3. The maximum absolute atomic E-state index is 7.00. The molecule has 3 N–H and O–H groups in total. The van der Waals surface area contributed by atoms with Crippen molar-refractivity contribution in [1.29, 1.82) is 0 Å². The molecule has 0 aliphatic rings. The molecule has 0 fully saturated rings. The molecule has 0 unspecified atom stereocenters. The summed E-state index contributed by atoms with van der Waals surface area (Å²) in [6.07, 6.45) is 0. The first-order valence-corrected chi connectivity index (χ1v) is 3.20. The predicted molar refractivity (Wildman–Crippen MR) is 49.6 cm³/mol. The van der Waals surface area contributed by atoms with Gasteiger partial charge < -0.3 is 15.3 Å². The topological polar surface area (TPSA) is 60.7 Å². The number of aliphatic hydroxyl groups excluding tert-OH is 3. The molecular formula is C7H18ClO3Ti-. The van der Waals surface area contributed by atoms with Crippen molar-refractivity contribution < 1.29 is 37.0 Å². The molecule has 0 atom stereocenters. The molecule has 0 heterocycles. The van der Waals surface area contributed by atoms with Gasteiger partial charge in [-0.25, -0.2) is 19.1 Å². The summed E-state index contributed by atoms with van der Waals surface area (Å²) in [6.45, 7) is 6.86. The van der Waals surface area contributed by atoms with Crippen molar-refractivity contribution >= 4 is 11.6 Å². The third-order valence-electron chi connectivity index (χ3n) is 0.189. The Morgan fingerprint density at radius 2 is 1.25 bits per heavy atom. The van der Waals surface area contributed by atoms with Crippen molar-refractivity contribution in [2.75, 3.05) is 27.2 Å². The Labute approximate surface area is 94.9 Å². The Kier molecular flexibility index (Phi) is 153. The van der Waals surface area contributed by atoms with Gasteiger partial charge in [0.15, 0.2) is 0 Å². The van der Waals surface area contributed by atoms with Crippen molar-refractivity contribution in [3.8, 4) is 0 Å². The van der Waals surface area contributed by atoms with Gasteiger partial charge in [0.25, 0.3) is 0 Å². The predicted octanol–water partition coefficient (Wildman–Crippen LogP) is 0.438. The molecule has 0 aromatic carbocycles. The normalized spacial score (nSPS) is 4.58. The monoisotopic (exact) mass is 233 g/mol. The summed E-state index contributed by atoms with van der Waals surface area (Å²) in [5, 5.41) is 21.0. The van der Waals surface area contributed by atoms with E-state index in [0.717, 1.165) is 26.9 Å². The summed E-state index contributed by atoms with van der Waals surface area (Å²) in [7, 11) is 3.00. The number of alkyl halides is 1. The van der Waals surface area contributed by atoms with Gasteiger partial charge in [-0.3, -0.25) is 0 Å². The molecule has 5 heteroatoms. The summed E-state index contributed by atoms with van der Waals surface area (Å²) >= 11 is 5.17. The molecule has 0 aliphatic carbocycles. The van der Waals surface area contributed by atoms with Crippen LogP contribution >= 0.6 is 11.6 Å². The van der Waals surface area contributed by atoms with Crippen LogP contribution in [0.5, 0.6) is 0 Å². The van der Waals surface area contributed by atoms with Crippen LogP contribution in [0, 0.1) is 6.92 Å². The zero-order valence-corrected chi connectivity index (χ0v) is 10.2. The average molecular weight is 234 g/mol. The second kappa shape index (κ2) is 62.7. The van der Waals surface area contributed by atoms with E-state index in [-0.39, 0.29) is 21.7 Å². The third-order valence-corrected chi connectivity index (χ3v) is 0.567. The van der Waals surface area contributed by atoms with Crippen molar-refractivity contribution in [1.82, 2.24) is 0 Å². The quantitative estimate of drug-likeness (QED) is 0.350. The van der Waals surface area contributed by atoms with Crippen molar-refractivity contribution in [3.05, 3.63) is 19.1 Å². The summed E-state index contributed by atoms with van der Waals surface area (Å²) in [5.41, 5.74) is 0.770. The number of rotatable bonds is 1. The first kappa shape index (κ1) is 29.4. The van der Waals surface area contributed by atoms with E-state index in [0.29, 0.717) is 5.88 Å². The van der Waals surface area contributed by atoms with E-state index in [4.69, 9.17) is 26.9 Å². The van der Waals surface area contributed by atoms with Crippen molar-refractivity contribution in [2.24, 2.45) is 0 Å². The van der Waals surface area contributed by atoms with E-state index in [1.54, 1.807) is 0 Å². The van der Waals surface area contributed by atoms with E-state index in [2.05, 4.69) is 13.5 Å². The van der Waals surface area contributed by atoms with Gasteiger partial charge in [-0.15, -0.1) is 11.6 Å². The van der Waals surface area contributed by atoms with Crippen LogP contribution in [0.2, 0.25) is 0 Å². The van der Waals surface area contributed by atoms with Gasteiger partial charge in [-0.2, -0.15) is 0 Å². The van der Waals surface area contributed by atoms with E-state index < -0.39 is 0 Å². The van der Waals surface area contributed by atoms with Crippen molar-refractivity contribution in [3.63, 3.8) is 0 Å². The fraction of sp³-hybridized carbons (Fsp3) is 0.571. The molecule has 0 rings (SSSR count). The summed E-state index contributed by atoms with van der Waals surface area (Å²) < 4.78 is 0. The van der Waals surface area contributed by atoms with Gasteiger partial charge in [-0.05, 0) is 0 Å². The fourth-order valence-electron chi connectivity index (χ4n) is 0. The second-order valence-corrected chi connectivity index (χ2v) is 1.15. The first-order chi connectivity index (χ1) is 5.27. The number of hydrogen-bond acceptors (Lipinski definition) is 3. The number of hydrogen-bond donors (Lipinski definition) is 3. The fourth-order valence-corrected chi connectivity index (χ4v) is 0. The van der Waals surface area contributed by atoms with Gasteiger partial charge in [0.2, 0.25) is 0 Å². The zero-order chi connectivity index (χ0) is 10.3. The molecule has 0 aromatic rings. The molecule has 0 aliphatic heterocycles. The Morgan fingerprint density at radius 1 is 1.17 bits per heavy atom. The van der Waals surface area contributed by atoms with Crippen LogP contribution in [0.15, 0.2) is 12.2 Å². The number of halogens is 1. The van der Waals surface area contributed by atoms with Crippen LogP contribution in [-0.2, 0) is 21.7 Å².